The lowest BCUT2D eigenvalue weighted by atomic mass is 10.00. The van der Waals surface area contributed by atoms with Crippen LogP contribution in [0.3, 0.4) is 0 Å². The van der Waals surface area contributed by atoms with E-state index in [2.05, 4.69) is 34.5 Å². The molecule has 0 radical (unpaired) electrons. The molecule has 0 aromatic carbocycles. The van der Waals surface area contributed by atoms with Crippen molar-refractivity contribution in [3.63, 3.8) is 0 Å². The molecule has 1 atom stereocenters. The van der Waals surface area contributed by atoms with E-state index in [-0.39, 0.29) is 0 Å². The van der Waals surface area contributed by atoms with Crippen molar-refractivity contribution in [2.45, 2.75) is 51.6 Å². The molecule has 1 saturated heterocycles. The zero-order valence-corrected chi connectivity index (χ0v) is 12.5. The number of nitrogens with zero attached hydrogens (tertiary/aromatic N) is 4. The third-order valence-corrected chi connectivity index (χ3v) is 4.37. The fourth-order valence-electron chi connectivity index (χ4n) is 3.23. The molecule has 0 saturated carbocycles. The van der Waals surface area contributed by atoms with Crippen LogP contribution in [-0.2, 0) is 13.0 Å². The summed E-state index contributed by atoms with van der Waals surface area (Å²) in [7, 11) is 2.24. The first-order valence-corrected chi connectivity index (χ1v) is 7.80. The molecule has 4 heteroatoms. The Morgan fingerprint density at radius 1 is 1.35 bits per heavy atom. The van der Waals surface area contributed by atoms with Crippen molar-refractivity contribution < 1.29 is 0 Å². The molecular formula is C16H24N4. The second-order valence-corrected chi connectivity index (χ2v) is 5.86. The molecule has 1 unspecified atom stereocenters. The van der Waals surface area contributed by atoms with Gasteiger partial charge in [-0.25, -0.2) is 9.97 Å². The number of hydrogen-bond donors (Lipinski definition) is 0. The van der Waals surface area contributed by atoms with Gasteiger partial charge in [-0.3, -0.25) is 0 Å². The minimum absolute atomic E-state index is 0.635. The van der Waals surface area contributed by atoms with Gasteiger partial charge in [0.2, 0.25) is 0 Å². The van der Waals surface area contributed by atoms with E-state index in [9.17, 15) is 0 Å². The number of pyridine rings is 1. The zero-order chi connectivity index (χ0) is 13.9. The highest BCUT2D eigenvalue weighted by Crippen LogP contribution is 2.21. The third-order valence-electron chi connectivity index (χ3n) is 4.37. The van der Waals surface area contributed by atoms with E-state index in [1.54, 1.807) is 0 Å². The first-order valence-electron chi connectivity index (χ1n) is 7.80. The molecule has 1 aliphatic rings. The number of fused-ring (bicyclic) bond motifs is 1. The van der Waals surface area contributed by atoms with E-state index in [0.29, 0.717) is 6.04 Å². The van der Waals surface area contributed by atoms with E-state index in [0.717, 1.165) is 30.6 Å². The van der Waals surface area contributed by atoms with Crippen molar-refractivity contribution in [1.29, 1.82) is 0 Å². The minimum atomic E-state index is 0.635. The smallest absolute Gasteiger partial charge is 0.159 e. The van der Waals surface area contributed by atoms with Crippen LogP contribution in [0.25, 0.3) is 11.2 Å². The summed E-state index contributed by atoms with van der Waals surface area (Å²) >= 11 is 0. The Labute approximate surface area is 120 Å². The summed E-state index contributed by atoms with van der Waals surface area (Å²) in [5, 5.41) is 0. The maximum atomic E-state index is 4.83. The third kappa shape index (κ3) is 2.57. The molecule has 20 heavy (non-hydrogen) atoms. The Morgan fingerprint density at radius 3 is 3.05 bits per heavy atom. The molecule has 1 aliphatic heterocycles. The van der Waals surface area contributed by atoms with Crippen molar-refractivity contribution in [3.05, 3.63) is 24.2 Å². The van der Waals surface area contributed by atoms with Crippen molar-refractivity contribution in [3.8, 4) is 0 Å². The van der Waals surface area contributed by atoms with Gasteiger partial charge in [-0.05, 0) is 45.0 Å². The largest absolute Gasteiger partial charge is 0.313 e. The van der Waals surface area contributed by atoms with Crippen LogP contribution in [0.1, 0.15) is 38.4 Å². The van der Waals surface area contributed by atoms with E-state index < -0.39 is 0 Å². The normalized spacial score (nSPS) is 20.6. The second kappa shape index (κ2) is 5.92. The van der Waals surface area contributed by atoms with Gasteiger partial charge in [0.15, 0.2) is 5.65 Å². The summed E-state index contributed by atoms with van der Waals surface area (Å²) in [5.41, 5.74) is 2.08. The Kier molecular flexibility index (Phi) is 4.01. The van der Waals surface area contributed by atoms with Crippen molar-refractivity contribution >= 4 is 11.2 Å². The Bertz CT molecular complexity index is 575. The van der Waals surface area contributed by atoms with Crippen LogP contribution >= 0.6 is 0 Å². The second-order valence-electron chi connectivity index (χ2n) is 5.86. The van der Waals surface area contributed by atoms with Gasteiger partial charge in [0, 0.05) is 25.2 Å². The maximum Gasteiger partial charge on any atom is 0.159 e. The van der Waals surface area contributed by atoms with Crippen LogP contribution in [0.4, 0.5) is 0 Å². The monoisotopic (exact) mass is 272 g/mol. The summed E-state index contributed by atoms with van der Waals surface area (Å²) in [6.07, 6.45) is 8.01. The van der Waals surface area contributed by atoms with Gasteiger partial charge < -0.3 is 9.47 Å². The average molecular weight is 272 g/mol. The molecule has 0 amide bonds. The standard InChI is InChI=1S/C16H24N4/c1-3-10-20-15(12-13-7-4-5-11-19(13)2)18-14-8-6-9-17-16(14)20/h6,8-9,13H,3-5,7,10-12H2,1-2H3. The molecule has 3 rings (SSSR count). The number of hydrogen-bond acceptors (Lipinski definition) is 3. The lowest BCUT2D eigenvalue weighted by Gasteiger charge is -2.32. The SMILES string of the molecule is CCCn1c(CC2CCCCN2C)nc2cccnc21. The molecule has 2 aromatic rings. The van der Waals surface area contributed by atoms with Gasteiger partial charge in [0.05, 0.1) is 0 Å². The number of likely N-dealkylation sites (N-methyl/N-ethyl adjacent to an activating group) is 1. The van der Waals surface area contributed by atoms with E-state index in [1.807, 2.05) is 12.3 Å². The number of aromatic nitrogens is 3. The molecule has 3 heterocycles. The van der Waals surface area contributed by atoms with Crippen LogP contribution < -0.4 is 0 Å². The van der Waals surface area contributed by atoms with Crippen molar-refractivity contribution in [1.82, 2.24) is 19.4 Å². The minimum Gasteiger partial charge on any atom is -0.313 e. The summed E-state index contributed by atoms with van der Waals surface area (Å²) in [5.74, 6) is 1.21. The van der Waals surface area contributed by atoms with Gasteiger partial charge in [0.1, 0.15) is 11.3 Å². The van der Waals surface area contributed by atoms with Gasteiger partial charge in [-0.1, -0.05) is 13.3 Å². The van der Waals surface area contributed by atoms with Gasteiger partial charge in [-0.2, -0.15) is 0 Å². The highest BCUT2D eigenvalue weighted by molar-refractivity contribution is 5.71. The molecule has 2 aromatic heterocycles. The van der Waals surface area contributed by atoms with Gasteiger partial charge in [0.25, 0.3) is 0 Å². The summed E-state index contributed by atoms with van der Waals surface area (Å²) < 4.78 is 2.32. The Hall–Kier alpha value is -1.42. The lowest BCUT2D eigenvalue weighted by Crippen LogP contribution is -2.38. The first kappa shape index (κ1) is 13.6. The van der Waals surface area contributed by atoms with Crippen molar-refractivity contribution in [2.24, 2.45) is 0 Å². The van der Waals surface area contributed by atoms with Crippen LogP contribution in [0, 0.1) is 0 Å². The number of likely N-dealkylation sites (tertiary alicyclic amines) is 1. The number of imidazole rings is 1. The van der Waals surface area contributed by atoms with Crippen LogP contribution in [0.5, 0.6) is 0 Å². The Morgan fingerprint density at radius 2 is 2.25 bits per heavy atom. The molecule has 0 N–H and O–H groups in total. The molecule has 0 bridgehead atoms. The molecule has 0 aliphatic carbocycles. The Balaban J connectivity index is 1.91. The molecule has 108 valence electrons. The van der Waals surface area contributed by atoms with Crippen LogP contribution in [0.15, 0.2) is 18.3 Å². The number of aryl methyl sites for hydroxylation is 1. The molecule has 4 nitrogen and oxygen atoms in total. The van der Waals surface area contributed by atoms with E-state index in [4.69, 9.17) is 4.98 Å². The predicted octanol–water partition coefficient (Wildman–Crippen LogP) is 2.87. The van der Waals surface area contributed by atoms with E-state index >= 15 is 0 Å². The number of piperidine rings is 1. The summed E-state index contributed by atoms with van der Waals surface area (Å²) in [6, 6.07) is 4.68. The number of rotatable bonds is 4. The van der Waals surface area contributed by atoms with Crippen molar-refractivity contribution in [2.75, 3.05) is 13.6 Å². The fourth-order valence-corrected chi connectivity index (χ4v) is 3.23. The zero-order valence-electron chi connectivity index (χ0n) is 12.5. The summed E-state index contributed by atoms with van der Waals surface area (Å²) in [6.45, 7) is 4.45. The lowest BCUT2D eigenvalue weighted by molar-refractivity contribution is 0.181. The molecule has 0 spiro atoms. The molecule has 1 fully saturated rings. The topological polar surface area (TPSA) is 34.0 Å². The quantitative estimate of drug-likeness (QED) is 0.858. The first-order chi connectivity index (χ1) is 9.79. The van der Waals surface area contributed by atoms with E-state index in [1.165, 1.54) is 31.6 Å². The maximum absolute atomic E-state index is 4.83. The molecular weight excluding hydrogens is 248 g/mol. The van der Waals surface area contributed by atoms with Gasteiger partial charge >= 0.3 is 0 Å². The fraction of sp³-hybridized carbons (Fsp3) is 0.625. The average Bonchev–Trinajstić information content (AvgIpc) is 2.80. The highest BCUT2D eigenvalue weighted by atomic mass is 15.2. The predicted molar refractivity (Wildman–Crippen MR) is 81.8 cm³/mol. The van der Waals surface area contributed by atoms with Gasteiger partial charge in [-0.15, -0.1) is 0 Å². The summed E-state index contributed by atoms with van der Waals surface area (Å²) in [4.78, 5) is 11.8. The van der Waals surface area contributed by atoms with Crippen LogP contribution in [-0.4, -0.2) is 39.1 Å². The van der Waals surface area contributed by atoms with Crippen LogP contribution in [0.2, 0.25) is 0 Å². The highest BCUT2D eigenvalue weighted by Gasteiger charge is 2.22.